The summed E-state index contributed by atoms with van der Waals surface area (Å²) in [6.07, 6.45) is 3.21. The van der Waals surface area contributed by atoms with E-state index in [0.29, 0.717) is 11.8 Å². The molecule has 3 rings (SSSR count). The van der Waals surface area contributed by atoms with Gasteiger partial charge in [-0.25, -0.2) is 4.98 Å². The Morgan fingerprint density at radius 2 is 2.20 bits per heavy atom. The van der Waals surface area contributed by atoms with Crippen LogP contribution in [0.2, 0.25) is 5.02 Å². The molecule has 0 amide bonds. The normalized spacial score (nSPS) is 22.5. The minimum Gasteiger partial charge on any atom is -0.303 e. The van der Waals surface area contributed by atoms with Crippen molar-refractivity contribution >= 4 is 29.2 Å². The number of aldehydes is 1. The maximum Gasteiger partial charge on any atom is 0.122 e. The summed E-state index contributed by atoms with van der Waals surface area (Å²) in [7, 11) is 0. The van der Waals surface area contributed by atoms with Crippen molar-refractivity contribution in [1.29, 1.82) is 0 Å². The fourth-order valence-electron chi connectivity index (χ4n) is 2.55. The molecule has 1 aromatic heterocycles. The summed E-state index contributed by atoms with van der Waals surface area (Å²) < 4.78 is 0. The maximum absolute atomic E-state index is 10.7. The molecule has 0 saturated heterocycles. The van der Waals surface area contributed by atoms with E-state index in [2.05, 4.69) is 5.38 Å². The molecule has 1 aliphatic rings. The second-order valence-electron chi connectivity index (χ2n) is 5.53. The number of hydrogen-bond acceptors (Lipinski definition) is 3. The van der Waals surface area contributed by atoms with E-state index in [1.54, 1.807) is 11.3 Å². The number of halogens is 1. The van der Waals surface area contributed by atoms with E-state index in [0.717, 1.165) is 29.0 Å². The summed E-state index contributed by atoms with van der Waals surface area (Å²) in [5.74, 6) is 1.36. The Morgan fingerprint density at radius 3 is 2.90 bits per heavy atom. The minimum atomic E-state index is 0.167. The second kappa shape index (κ2) is 5.66. The lowest BCUT2D eigenvalue weighted by Gasteiger charge is -2.00. The van der Waals surface area contributed by atoms with Gasteiger partial charge in [0.25, 0.3) is 0 Å². The summed E-state index contributed by atoms with van der Waals surface area (Å²) >= 11 is 7.62. The number of hydrogen-bond donors (Lipinski definition) is 0. The molecule has 2 nitrogen and oxygen atoms in total. The van der Waals surface area contributed by atoms with Crippen molar-refractivity contribution in [1.82, 2.24) is 4.98 Å². The van der Waals surface area contributed by atoms with Gasteiger partial charge in [-0.15, -0.1) is 11.3 Å². The number of carbonyl (C=O) groups is 1. The summed E-state index contributed by atoms with van der Waals surface area (Å²) in [5, 5.41) is 4.06. The average molecular weight is 306 g/mol. The molecular weight excluding hydrogens is 290 g/mol. The first-order chi connectivity index (χ1) is 9.67. The molecule has 104 valence electrons. The lowest BCUT2D eigenvalue weighted by atomic mass is 10.1. The second-order valence-corrected chi connectivity index (χ2v) is 6.86. The number of benzene rings is 1. The SMILES string of the molecule is CC(C=O)CC1CC1c1nc(-c2ccc(Cl)cc2)cs1. The molecule has 20 heavy (non-hydrogen) atoms. The molecule has 1 heterocycles. The zero-order valence-electron chi connectivity index (χ0n) is 11.3. The van der Waals surface area contributed by atoms with Crippen LogP contribution in [0.4, 0.5) is 0 Å². The Hall–Kier alpha value is -1.19. The lowest BCUT2D eigenvalue weighted by Crippen LogP contribution is -1.97. The molecule has 0 aliphatic heterocycles. The van der Waals surface area contributed by atoms with Gasteiger partial charge in [0.2, 0.25) is 0 Å². The molecule has 0 spiro atoms. The predicted molar refractivity (Wildman–Crippen MR) is 83.3 cm³/mol. The third-order valence-electron chi connectivity index (χ3n) is 3.81. The van der Waals surface area contributed by atoms with Crippen molar-refractivity contribution in [2.24, 2.45) is 11.8 Å². The molecule has 3 atom stereocenters. The summed E-state index contributed by atoms with van der Waals surface area (Å²) in [4.78, 5) is 15.4. The lowest BCUT2D eigenvalue weighted by molar-refractivity contribution is -0.110. The topological polar surface area (TPSA) is 30.0 Å². The van der Waals surface area contributed by atoms with Gasteiger partial charge in [-0.3, -0.25) is 0 Å². The molecule has 1 aliphatic carbocycles. The van der Waals surface area contributed by atoms with Gasteiger partial charge in [-0.05, 0) is 30.9 Å². The van der Waals surface area contributed by atoms with Gasteiger partial charge in [0.05, 0.1) is 10.7 Å². The van der Waals surface area contributed by atoms with Gasteiger partial charge in [-0.1, -0.05) is 30.7 Å². The van der Waals surface area contributed by atoms with Crippen molar-refractivity contribution in [3.8, 4) is 11.3 Å². The highest BCUT2D eigenvalue weighted by Crippen LogP contribution is 2.51. The number of thiazole rings is 1. The molecule has 0 bridgehead atoms. The standard InChI is InChI=1S/C16H16ClNOS/c1-10(8-19)6-12-7-14(12)16-18-15(9-20-16)11-2-4-13(17)5-3-11/h2-5,8-10,12,14H,6-7H2,1H3. The van der Waals surface area contributed by atoms with E-state index in [4.69, 9.17) is 16.6 Å². The van der Waals surface area contributed by atoms with Crippen LogP contribution in [0.15, 0.2) is 29.6 Å². The summed E-state index contributed by atoms with van der Waals surface area (Å²) in [5.41, 5.74) is 2.13. The third-order valence-corrected chi connectivity index (χ3v) is 5.04. The van der Waals surface area contributed by atoms with Crippen LogP contribution in [-0.2, 0) is 4.79 Å². The van der Waals surface area contributed by atoms with Crippen LogP contribution in [0.1, 0.15) is 30.7 Å². The molecule has 0 N–H and O–H groups in total. The van der Waals surface area contributed by atoms with Crippen LogP contribution in [0.3, 0.4) is 0 Å². The van der Waals surface area contributed by atoms with Crippen molar-refractivity contribution < 1.29 is 4.79 Å². The Bertz CT molecular complexity index is 607. The smallest absolute Gasteiger partial charge is 0.122 e. The highest BCUT2D eigenvalue weighted by Gasteiger charge is 2.40. The van der Waals surface area contributed by atoms with E-state index in [1.165, 1.54) is 11.4 Å². The highest BCUT2D eigenvalue weighted by molar-refractivity contribution is 7.10. The Kier molecular flexibility index (Phi) is 3.90. The fraction of sp³-hybridized carbons (Fsp3) is 0.375. The van der Waals surface area contributed by atoms with Gasteiger partial charge in [0.15, 0.2) is 0 Å². The van der Waals surface area contributed by atoms with E-state index in [9.17, 15) is 4.79 Å². The number of aromatic nitrogens is 1. The first kappa shape index (κ1) is 13.8. The molecule has 1 aromatic carbocycles. The average Bonchev–Trinajstić information content (AvgIpc) is 3.03. The summed E-state index contributed by atoms with van der Waals surface area (Å²) in [6, 6.07) is 7.78. The van der Waals surface area contributed by atoms with Crippen LogP contribution in [0, 0.1) is 11.8 Å². The predicted octanol–water partition coefficient (Wildman–Crippen LogP) is 4.79. The zero-order valence-corrected chi connectivity index (χ0v) is 12.8. The zero-order chi connectivity index (χ0) is 14.1. The van der Waals surface area contributed by atoms with Crippen LogP contribution >= 0.6 is 22.9 Å². The summed E-state index contributed by atoms with van der Waals surface area (Å²) in [6.45, 7) is 1.99. The molecule has 1 saturated carbocycles. The van der Waals surface area contributed by atoms with Crippen LogP contribution in [0.5, 0.6) is 0 Å². The van der Waals surface area contributed by atoms with Gasteiger partial charge >= 0.3 is 0 Å². The van der Waals surface area contributed by atoms with Crippen molar-refractivity contribution in [3.63, 3.8) is 0 Å². The number of carbonyl (C=O) groups excluding carboxylic acids is 1. The highest BCUT2D eigenvalue weighted by atomic mass is 35.5. The van der Waals surface area contributed by atoms with Crippen LogP contribution in [-0.4, -0.2) is 11.3 Å². The minimum absolute atomic E-state index is 0.167. The fourth-order valence-corrected chi connectivity index (χ4v) is 3.72. The van der Waals surface area contributed by atoms with Crippen molar-refractivity contribution in [2.45, 2.75) is 25.7 Å². The van der Waals surface area contributed by atoms with Gasteiger partial charge in [0, 0.05) is 27.8 Å². The molecule has 3 unspecified atom stereocenters. The van der Waals surface area contributed by atoms with E-state index < -0.39 is 0 Å². The van der Waals surface area contributed by atoms with Crippen molar-refractivity contribution in [3.05, 3.63) is 39.7 Å². The van der Waals surface area contributed by atoms with Crippen molar-refractivity contribution in [2.75, 3.05) is 0 Å². The Labute approximate surface area is 127 Å². The van der Waals surface area contributed by atoms with Gasteiger partial charge in [0.1, 0.15) is 6.29 Å². The van der Waals surface area contributed by atoms with E-state index >= 15 is 0 Å². The number of nitrogens with zero attached hydrogens (tertiary/aromatic N) is 1. The molecule has 1 fully saturated rings. The molecule has 0 radical (unpaired) electrons. The van der Waals surface area contributed by atoms with Gasteiger partial charge in [-0.2, -0.15) is 0 Å². The quantitative estimate of drug-likeness (QED) is 0.743. The largest absolute Gasteiger partial charge is 0.303 e. The third kappa shape index (κ3) is 2.94. The first-order valence-electron chi connectivity index (χ1n) is 6.84. The maximum atomic E-state index is 10.7. The number of rotatable bonds is 5. The Balaban J connectivity index is 1.69. The molecule has 4 heteroatoms. The first-order valence-corrected chi connectivity index (χ1v) is 8.10. The van der Waals surface area contributed by atoms with Crippen LogP contribution in [0.25, 0.3) is 11.3 Å². The van der Waals surface area contributed by atoms with E-state index in [-0.39, 0.29) is 5.92 Å². The Morgan fingerprint density at radius 1 is 1.45 bits per heavy atom. The van der Waals surface area contributed by atoms with E-state index in [1.807, 2.05) is 31.2 Å². The van der Waals surface area contributed by atoms with Crippen LogP contribution < -0.4 is 0 Å². The molecular formula is C16H16ClNOS. The molecule has 2 aromatic rings. The monoisotopic (exact) mass is 305 g/mol. The van der Waals surface area contributed by atoms with Gasteiger partial charge < -0.3 is 4.79 Å².